The molecular weight excluding hydrogens is 501 g/mol. The molecule has 4 aromatic rings. The van der Waals surface area contributed by atoms with Crippen molar-refractivity contribution < 1.29 is 19.1 Å². The molecule has 4 N–H and O–H groups in total. The first kappa shape index (κ1) is 26.5. The van der Waals surface area contributed by atoms with Crippen LogP contribution in [0.1, 0.15) is 46.9 Å². The SMILES string of the molecule is C[C@H]1CCCCN1CCNC(=O)c1ccc(F)c(NC(=O)c2cnc3[nH]c(-c4cnn(CCO)c4)cc3c2)c1. The molecule has 2 amide bonds. The average Bonchev–Trinajstić information content (AvgIpc) is 3.57. The molecule has 1 saturated heterocycles. The molecule has 11 heteroatoms. The highest BCUT2D eigenvalue weighted by molar-refractivity contribution is 6.06. The van der Waals surface area contributed by atoms with Crippen molar-refractivity contribution in [2.24, 2.45) is 0 Å². The predicted octanol–water partition coefficient (Wildman–Crippen LogP) is 3.41. The number of pyridine rings is 1. The van der Waals surface area contributed by atoms with Gasteiger partial charge in [0.15, 0.2) is 0 Å². The number of rotatable bonds is 9. The standard InChI is InChI=1S/C28H32FN7O3/c1-18-4-2-3-8-35(18)9-7-30-27(38)19-5-6-23(29)25(13-19)34-28(39)21-12-20-14-24(33-26(20)31-15-21)22-16-32-36(17-22)10-11-37/h5-6,12-18,37H,2-4,7-11H2,1H3,(H,30,38)(H,31,33)(H,34,39)/t18-/m0/s1. The lowest BCUT2D eigenvalue weighted by Crippen LogP contribution is -2.42. The third-order valence-electron chi connectivity index (χ3n) is 7.11. The van der Waals surface area contributed by atoms with Crippen molar-refractivity contribution in [1.29, 1.82) is 0 Å². The quantitative estimate of drug-likeness (QED) is 0.261. The molecule has 4 heterocycles. The minimum Gasteiger partial charge on any atom is -0.394 e. The minimum atomic E-state index is -0.639. The van der Waals surface area contributed by atoms with Crippen LogP contribution >= 0.6 is 0 Å². The van der Waals surface area contributed by atoms with Gasteiger partial charge in [0.1, 0.15) is 11.5 Å². The number of benzene rings is 1. The van der Waals surface area contributed by atoms with Crippen LogP contribution < -0.4 is 10.6 Å². The lowest BCUT2D eigenvalue weighted by molar-refractivity contribution is 0.0937. The number of aromatic nitrogens is 4. The van der Waals surface area contributed by atoms with Crippen LogP contribution in [-0.4, -0.2) is 73.9 Å². The molecular formula is C28H32FN7O3. The lowest BCUT2D eigenvalue weighted by atomic mass is 10.0. The number of likely N-dealkylation sites (tertiary alicyclic amines) is 1. The van der Waals surface area contributed by atoms with E-state index in [1.54, 1.807) is 23.1 Å². The van der Waals surface area contributed by atoms with Crippen molar-refractivity contribution in [1.82, 2.24) is 30.0 Å². The van der Waals surface area contributed by atoms with Crippen LogP contribution in [0.25, 0.3) is 22.3 Å². The number of fused-ring (bicyclic) bond motifs is 1. The summed E-state index contributed by atoms with van der Waals surface area (Å²) in [5.41, 5.74) is 2.59. The molecule has 1 fully saturated rings. The van der Waals surface area contributed by atoms with Crippen molar-refractivity contribution in [2.45, 2.75) is 38.8 Å². The Bertz CT molecular complexity index is 1480. The minimum absolute atomic E-state index is 0.0138. The largest absolute Gasteiger partial charge is 0.394 e. The van der Waals surface area contributed by atoms with Crippen molar-refractivity contribution >= 4 is 28.5 Å². The van der Waals surface area contributed by atoms with Gasteiger partial charge in [0.25, 0.3) is 11.8 Å². The number of piperidine rings is 1. The second-order valence-corrected chi connectivity index (χ2v) is 9.85. The topological polar surface area (TPSA) is 128 Å². The molecule has 1 aliphatic rings. The number of hydrogen-bond donors (Lipinski definition) is 4. The van der Waals surface area contributed by atoms with Crippen LogP contribution in [0.4, 0.5) is 10.1 Å². The zero-order chi connectivity index (χ0) is 27.4. The van der Waals surface area contributed by atoms with E-state index < -0.39 is 11.7 Å². The van der Waals surface area contributed by atoms with Crippen molar-refractivity contribution in [3.05, 3.63) is 65.9 Å². The van der Waals surface area contributed by atoms with E-state index in [0.29, 0.717) is 30.2 Å². The number of carbonyl (C=O) groups excluding carboxylic acids is 2. The summed E-state index contributed by atoms with van der Waals surface area (Å²) in [6.07, 6.45) is 8.46. The van der Waals surface area contributed by atoms with E-state index in [4.69, 9.17) is 5.11 Å². The van der Waals surface area contributed by atoms with E-state index in [2.05, 4.69) is 37.5 Å². The monoisotopic (exact) mass is 533 g/mol. The van der Waals surface area contributed by atoms with E-state index in [-0.39, 0.29) is 29.3 Å². The first-order valence-electron chi connectivity index (χ1n) is 13.2. The van der Waals surface area contributed by atoms with Crippen molar-refractivity contribution in [3.8, 4) is 11.3 Å². The summed E-state index contributed by atoms with van der Waals surface area (Å²) in [5.74, 6) is -1.50. The maximum atomic E-state index is 14.6. The van der Waals surface area contributed by atoms with Crippen LogP contribution in [0.2, 0.25) is 0 Å². The van der Waals surface area contributed by atoms with Gasteiger partial charge in [-0.3, -0.25) is 19.2 Å². The molecule has 39 heavy (non-hydrogen) atoms. The smallest absolute Gasteiger partial charge is 0.257 e. The van der Waals surface area contributed by atoms with Gasteiger partial charge in [0, 0.05) is 48.0 Å². The van der Waals surface area contributed by atoms with Gasteiger partial charge in [-0.2, -0.15) is 5.10 Å². The number of aliphatic hydroxyl groups excluding tert-OH is 1. The van der Waals surface area contributed by atoms with Gasteiger partial charge in [0.2, 0.25) is 0 Å². The summed E-state index contributed by atoms with van der Waals surface area (Å²) in [6.45, 7) is 4.87. The average molecular weight is 534 g/mol. The Morgan fingerprint density at radius 3 is 2.82 bits per heavy atom. The molecule has 1 aliphatic heterocycles. The zero-order valence-electron chi connectivity index (χ0n) is 21.8. The Kier molecular flexibility index (Phi) is 7.99. The van der Waals surface area contributed by atoms with Crippen molar-refractivity contribution in [2.75, 3.05) is 31.6 Å². The molecule has 3 aromatic heterocycles. The van der Waals surface area contributed by atoms with Gasteiger partial charge >= 0.3 is 0 Å². The number of amides is 2. The van der Waals surface area contributed by atoms with Gasteiger partial charge in [-0.05, 0) is 56.6 Å². The second kappa shape index (κ2) is 11.7. The molecule has 5 rings (SSSR count). The van der Waals surface area contributed by atoms with Crippen LogP contribution in [0.3, 0.4) is 0 Å². The third-order valence-corrected chi connectivity index (χ3v) is 7.11. The first-order chi connectivity index (χ1) is 18.9. The zero-order valence-corrected chi connectivity index (χ0v) is 21.8. The van der Waals surface area contributed by atoms with Gasteiger partial charge in [-0.1, -0.05) is 6.42 Å². The third kappa shape index (κ3) is 6.15. The fourth-order valence-electron chi connectivity index (χ4n) is 4.88. The van der Waals surface area contributed by atoms with Gasteiger partial charge in [-0.25, -0.2) is 9.37 Å². The molecule has 1 aromatic carbocycles. The molecule has 10 nitrogen and oxygen atoms in total. The van der Waals surface area contributed by atoms with Crippen LogP contribution in [-0.2, 0) is 6.54 Å². The number of aromatic amines is 1. The van der Waals surface area contributed by atoms with Crippen LogP contribution in [0.15, 0.2) is 48.9 Å². The number of aliphatic hydroxyl groups is 1. The number of H-pyrrole nitrogens is 1. The van der Waals surface area contributed by atoms with Crippen molar-refractivity contribution in [3.63, 3.8) is 0 Å². The second-order valence-electron chi connectivity index (χ2n) is 9.85. The molecule has 0 bridgehead atoms. The molecule has 0 saturated carbocycles. The molecule has 204 valence electrons. The van der Waals surface area contributed by atoms with E-state index in [9.17, 15) is 14.0 Å². The van der Waals surface area contributed by atoms with Gasteiger partial charge < -0.3 is 20.7 Å². The predicted molar refractivity (Wildman–Crippen MR) is 146 cm³/mol. The highest BCUT2D eigenvalue weighted by Gasteiger charge is 2.19. The molecule has 1 atom stereocenters. The first-order valence-corrected chi connectivity index (χ1v) is 13.2. The van der Waals surface area contributed by atoms with E-state index in [1.165, 1.54) is 43.7 Å². The highest BCUT2D eigenvalue weighted by Crippen LogP contribution is 2.24. The van der Waals surface area contributed by atoms with E-state index >= 15 is 0 Å². The molecule has 0 radical (unpaired) electrons. The molecule has 0 spiro atoms. The number of halogens is 1. The Morgan fingerprint density at radius 2 is 2.00 bits per heavy atom. The Balaban J connectivity index is 1.24. The summed E-state index contributed by atoms with van der Waals surface area (Å²) in [7, 11) is 0. The summed E-state index contributed by atoms with van der Waals surface area (Å²) in [5, 5.41) is 19.4. The Morgan fingerprint density at radius 1 is 1.13 bits per heavy atom. The summed E-state index contributed by atoms with van der Waals surface area (Å²) < 4.78 is 16.2. The fourth-order valence-corrected chi connectivity index (χ4v) is 4.88. The molecule has 0 unspecified atom stereocenters. The fraction of sp³-hybridized carbons (Fsp3) is 0.357. The summed E-state index contributed by atoms with van der Waals surface area (Å²) >= 11 is 0. The number of nitrogens with one attached hydrogen (secondary N) is 3. The van der Waals surface area contributed by atoms with Gasteiger partial charge in [0.05, 0.1) is 36.3 Å². The lowest BCUT2D eigenvalue weighted by Gasteiger charge is -2.33. The number of nitrogens with zero attached hydrogens (tertiary/aromatic N) is 4. The van der Waals surface area contributed by atoms with Crippen LogP contribution in [0.5, 0.6) is 0 Å². The number of anilines is 1. The Hall–Kier alpha value is -4.09. The number of carbonyl (C=O) groups is 2. The maximum Gasteiger partial charge on any atom is 0.257 e. The summed E-state index contributed by atoms with van der Waals surface area (Å²) in [4.78, 5) is 35.5. The van der Waals surface area contributed by atoms with Crippen LogP contribution in [0, 0.1) is 5.82 Å². The normalized spacial score (nSPS) is 15.9. The van der Waals surface area contributed by atoms with Gasteiger partial charge in [-0.15, -0.1) is 0 Å². The molecule has 0 aliphatic carbocycles. The van der Waals surface area contributed by atoms with E-state index in [1.807, 2.05) is 6.07 Å². The number of hydrogen-bond acceptors (Lipinski definition) is 6. The van der Waals surface area contributed by atoms with E-state index in [0.717, 1.165) is 24.3 Å². The Labute approximate surface area is 225 Å². The summed E-state index contributed by atoms with van der Waals surface area (Å²) in [6, 6.07) is 7.93. The highest BCUT2D eigenvalue weighted by atomic mass is 19.1. The maximum absolute atomic E-state index is 14.6.